The van der Waals surface area contributed by atoms with Crippen LogP contribution in [0.3, 0.4) is 0 Å². The first kappa shape index (κ1) is 19.5. The standard InChI is InChI=1S/C22H31N3O2/c1-5-6-9-18-12-11-17-8-7-10-19(20(17)23-18)24-13-15-25(16-14-24)21(26)27-22(2,3)4/h7-8,10-12H,5-6,9,13-16H2,1-4H3. The molecule has 0 bridgehead atoms. The van der Waals surface area contributed by atoms with Gasteiger partial charge in [-0.3, -0.25) is 4.98 Å². The van der Waals surface area contributed by atoms with Crippen LogP contribution in [0.1, 0.15) is 46.2 Å². The summed E-state index contributed by atoms with van der Waals surface area (Å²) < 4.78 is 5.50. The van der Waals surface area contributed by atoms with Crippen molar-refractivity contribution in [3.63, 3.8) is 0 Å². The number of benzene rings is 1. The van der Waals surface area contributed by atoms with E-state index in [9.17, 15) is 4.79 Å². The number of hydrogen-bond donors (Lipinski definition) is 0. The largest absolute Gasteiger partial charge is 0.444 e. The zero-order valence-electron chi connectivity index (χ0n) is 17.0. The van der Waals surface area contributed by atoms with Crippen molar-refractivity contribution in [2.24, 2.45) is 0 Å². The molecular formula is C22H31N3O2. The van der Waals surface area contributed by atoms with E-state index in [1.807, 2.05) is 20.8 Å². The summed E-state index contributed by atoms with van der Waals surface area (Å²) in [6, 6.07) is 10.7. The van der Waals surface area contributed by atoms with E-state index in [1.54, 1.807) is 4.90 Å². The Kier molecular flexibility index (Phi) is 5.88. The van der Waals surface area contributed by atoms with Crippen molar-refractivity contribution in [3.05, 3.63) is 36.0 Å². The molecule has 1 aliphatic rings. The first-order valence-corrected chi connectivity index (χ1v) is 9.99. The van der Waals surface area contributed by atoms with Crippen molar-refractivity contribution >= 4 is 22.7 Å². The molecule has 1 aliphatic heterocycles. The summed E-state index contributed by atoms with van der Waals surface area (Å²) in [7, 11) is 0. The molecule has 5 nitrogen and oxygen atoms in total. The van der Waals surface area contributed by atoms with Gasteiger partial charge < -0.3 is 14.5 Å². The van der Waals surface area contributed by atoms with E-state index in [1.165, 1.54) is 11.8 Å². The lowest BCUT2D eigenvalue weighted by Crippen LogP contribution is -2.50. The maximum atomic E-state index is 12.3. The molecule has 0 saturated carbocycles. The zero-order valence-corrected chi connectivity index (χ0v) is 17.0. The number of carbonyl (C=O) groups excluding carboxylic acids is 1. The highest BCUT2D eigenvalue weighted by Crippen LogP contribution is 2.27. The highest BCUT2D eigenvalue weighted by molar-refractivity contribution is 5.91. The number of nitrogens with zero attached hydrogens (tertiary/aromatic N) is 3. The minimum Gasteiger partial charge on any atom is -0.444 e. The lowest BCUT2D eigenvalue weighted by atomic mass is 10.1. The van der Waals surface area contributed by atoms with Gasteiger partial charge in [-0.15, -0.1) is 0 Å². The number of fused-ring (bicyclic) bond motifs is 1. The molecule has 0 atom stereocenters. The van der Waals surface area contributed by atoms with Crippen LogP contribution in [-0.4, -0.2) is 47.8 Å². The van der Waals surface area contributed by atoms with Crippen molar-refractivity contribution in [1.82, 2.24) is 9.88 Å². The monoisotopic (exact) mass is 369 g/mol. The summed E-state index contributed by atoms with van der Waals surface area (Å²) >= 11 is 0. The first-order valence-electron chi connectivity index (χ1n) is 9.99. The number of para-hydroxylation sites is 1. The van der Waals surface area contributed by atoms with E-state index in [0.717, 1.165) is 42.8 Å². The number of anilines is 1. The van der Waals surface area contributed by atoms with Gasteiger partial charge in [0.15, 0.2) is 0 Å². The number of carbonyl (C=O) groups is 1. The molecule has 1 aromatic carbocycles. The number of pyridine rings is 1. The summed E-state index contributed by atoms with van der Waals surface area (Å²) in [6.07, 6.45) is 3.14. The number of aryl methyl sites for hydroxylation is 1. The summed E-state index contributed by atoms with van der Waals surface area (Å²) in [4.78, 5) is 21.4. The number of unbranched alkanes of at least 4 members (excludes halogenated alkanes) is 1. The third-order valence-electron chi connectivity index (χ3n) is 4.82. The third-order valence-corrected chi connectivity index (χ3v) is 4.82. The highest BCUT2D eigenvalue weighted by Gasteiger charge is 2.26. The van der Waals surface area contributed by atoms with Crippen molar-refractivity contribution in [2.45, 2.75) is 52.6 Å². The van der Waals surface area contributed by atoms with E-state index < -0.39 is 5.60 Å². The van der Waals surface area contributed by atoms with Gasteiger partial charge in [-0.1, -0.05) is 31.5 Å². The number of aromatic nitrogens is 1. The van der Waals surface area contributed by atoms with E-state index in [2.05, 4.69) is 42.2 Å². The van der Waals surface area contributed by atoms with Crippen LogP contribution in [0.15, 0.2) is 30.3 Å². The SMILES string of the molecule is CCCCc1ccc2cccc(N3CCN(C(=O)OC(C)(C)C)CC3)c2n1. The summed E-state index contributed by atoms with van der Waals surface area (Å²) in [5, 5.41) is 1.17. The molecule has 2 heterocycles. The molecule has 1 aromatic heterocycles. The van der Waals surface area contributed by atoms with Crippen LogP contribution in [0, 0.1) is 0 Å². The molecule has 1 saturated heterocycles. The van der Waals surface area contributed by atoms with Crippen LogP contribution in [0.2, 0.25) is 0 Å². The Morgan fingerprint density at radius 1 is 1.11 bits per heavy atom. The lowest BCUT2D eigenvalue weighted by Gasteiger charge is -2.37. The van der Waals surface area contributed by atoms with Crippen molar-refractivity contribution < 1.29 is 9.53 Å². The van der Waals surface area contributed by atoms with Gasteiger partial charge in [0.05, 0.1) is 11.2 Å². The number of amides is 1. The fourth-order valence-corrected chi connectivity index (χ4v) is 3.38. The molecule has 1 fully saturated rings. The molecule has 0 spiro atoms. The van der Waals surface area contributed by atoms with Crippen molar-refractivity contribution in [1.29, 1.82) is 0 Å². The molecule has 0 radical (unpaired) electrons. The molecule has 27 heavy (non-hydrogen) atoms. The Bertz CT molecular complexity index is 790. The van der Waals surface area contributed by atoms with Crippen molar-refractivity contribution in [3.8, 4) is 0 Å². The fourth-order valence-electron chi connectivity index (χ4n) is 3.38. The fraction of sp³-hybridized carbons (Fsp3) is 0.545. The van der Waals surface area contributed by atoms with Crippen LogP contribution in [0.5, 0.6) is 0 Å². The van der Waals surface area contributed by atoms with E-state index in [4.69, 9.17) is 9.72 Å². The molecule has 5 heteroatoms. The Balaban J connectivity index is 1.74. The predicted molar refractivity (Wildman–Crippen MR) is 110 cm³/mol. The maximum absolute atomic E-state index is 12.3. The first-order chi connectivity index (χ1) is 12.9. The third kappa shape index (κ3) is 4.90. The average Bonchev–Trinajstić information content (AvgIpc) is 2.64. The lowest BCUT2D eigenvalue weighted by molar-refractivity contribution is 0.0240. The van der Waals surface area contributed by atoms with Gasteiger partial charge in [-0.2, -0.15) is 0 Å². The molecule has 2 aromatic rings. The van der Waals surface area contributed by atoms with E-state index in [0.29, 0.717) is 13.1 Å². The molecule has 1 amide bonds. The molecule has 3 rings (SSSR count). The second kappa shape index (κ2) is 8.15. The topological polar surface area (TPSA) is 45.7 Å². The minimum atomic E-state index is -0.456. The molecule has 0 aliphatic carbocycles. The summed E-state index contributed by atoms with van der Waals surface area (Å²) in [5.74, 6) is 0. The molecule has 0 N–H and O–H groups in total. The van der Waals surface area contributed by atoms with Crippen LogP contribution in [-0.2, 0) is 11.2 Å². The Hall–Kier alpha value is -2.30. The second-order valence-corrected chi connectivity index (χ2v) is 8.21. The van der Waals surface area contributed by atoms with Gasteiger partial charge in [0.25, 0.3) is 0 Å². The Morgan fingerprint density at radius 3 is 2.52 bits per heavy atom. The highest BCUT2D eigenvalue weighted by atomic mass is 16.6. The van der Waals surface area contributed by atoms with Gasteiger partial charge in [0, 0.05) is 37.3 Å². The van der Waals surface area contributed by atoms with Crippen molar-refractivity contribution in [2.75, 3.05) is 31.1 Å². The van der Waals surface area contributed by atoms with E-state index >= 15 is 0 Å². The Labute approximate surface area is 162 Å². The van der Waals surface area contributed by atoms with Crippen LogP contribution in [0.4, 0.5) is 10.5 Å². The minimum absolute atomic E-state index is 0.222. The number of piperazine rings is 1. The molecule has 0 unspecified atom stereocenters. The molecule has 146 valence electrons. The van der Waals surface area contributed by atoms with Gasteiger partial charge in [0.2, 0.25) is 0 Å². The zero-order chi connectivity index (χ0) is 19.4. The molecular weight excluding hydrogens is 338 g/mol. The predicted octanol–water partition coefficient (Wildman–Crippen LogP) is 4.63. The van der Waals surface area contributed by atoms with Gasteiger partial charge in [0.1, 0.15) is 5.60 Å². The van der Waals surface area contributed by atoms with Crippen LogP contribution >= 0.6 is 0 Å². The van der Waals surface area contributed by atoms with Crippen LogP contribution < -0.4 is 4.90 Å². The number of rotatable bonds is 4. The van der Waals surface area contributed by atoms with Crippen LogP contribution in [0.25, 0.3) is 10.9 Å². The smallest absolute Gasteiger partial charge is 0.410 e. The number of ether oxygens (including phenoxy) is 1. The second-order valence-electron chi connectivity index (χ2n) is 8.21. The number of hydrogen-bond acceptors (Lipinski definition) is 4. The summed E-state index contributed by atoms with van der Waals surface area (Å²) in [6.45, 7) is 10.8. The maximum Gasteiger partial charge on any atom is 0.410 e. The quantitative estimate of drug-likeness (QED) is 0.788. The average molecular weight is 370 g/mol. The summed E-state index contributed by atoms with van der Waals surface area (Å²) in [5.41, 5.74) is 2.93. The normalized spacial score (nSPS) is 15.3. The Morgan fingerprint density at radius 2 is 1.85 bits per heavy atom. The van der Waals surface area contributed by atoms with Gasteiger partial charge in [-0.05, 0) is 45.7 Å². The van der Waals surface area contributed by atoms with E-state index in [-0.39, 0.29) is 6.09 Å². The van der Waals surface area contributed by atoms with Gasteiger partial charge >= 0.3 is 6.09 Å². The van der Waals surface area contributed by atoms with Gasteiger partial charge in [-0.25, -0.2) is 4.79 Å².